The first-order valence-electron chi connectivity index (χ1n) is 48.4. The lowest BCUT2D eigenvalue weighted by Crippen LogP contribution is -2.14. The maximum absolute atomic E-state index is 6.86. The van der Waals surface area contributed by atoms with Gasteiger partial charge in [-0.1, -0.05) is 438 Å². The highest BCUT2D eigenvalue weighted by molar-refractivity contribution is 6.17. The smallest absolute Gasteiger partial charge is 0.164 e. The molecule has 1 aliphatic rings. The van der Waals surface area contributed by atoms with Crippen molar-refractivity contribution in [3.05, 3.63) is 509 Å². The molecule has 0 spiro atoms. The summed E-state index contributed by atoms with van der Waals surface area (Å²) in [6.07, 6.45) is 0. The van der Waals surface area contributed by atoms with Crippen molar-refractivity contribution in [2.45, 2.75) is 19.3 Å². The third-order valence-corrected chi connectivity index (χ3v) is 27.3. The molecule has 27 rings (SSSR count). The highest BCUT2D eigenvalue weighted by atomic mass is 16.3. The molecule has 0 fully saturated rings. The predicted molar refractivity (Wildman–Crippen MR) is 587 cm³/mol. The number of rotatable bonds is 16. The van der Waals surface area contributed by atoms with Crippen LogP contribution in [0.2, 0.25) is 0 Å². The maximum atomic E-state index is 6.86. The van der Waals surface area contributed by atoms with E-state index in [0.29, 0.717) is 52.4 Å². The van der Waals surface area contributed by atoms with E-state index in [2.05, 4.69) is 304 Å². The summed E-state index contributed by atoms with van der Waals surface area (Å²) in [4.78, 5) is 44.3. The van der Waals surface area contributed by atoms with Crippen molar-refractivity contribution in [3.8, 4) is 186 Å². The van der Waals surface area contributed by atoms with Gasteiger partial charge >= 0.3 is 0 Å². The minimum Gasteiger partial charge on any atom is -0.455 e. The van der Waals surface area contributed by atoms with Crippen molar-refractivity contribution < 1.29 is 8.83 Å². The Bertz CT molecular complexity index is 9180. The Labute approximate surface area is 832 Å². The molecule has 0 amide bonds. The lowest BCUT2D eigenvalue weighted by Gasteiger charge is -2.22. The molecule has 12 nitrogen and oxygen atoms in total. The monoisotopic (exact) mass is 1840 g/mol. The quantitative estimate of drug-likeness (QED) is 0.0910. The van der Waals surface area contributed by atoms with E-state index in [1.54, 1.807) is 0 Å². The van der Waals surface area contributed by atoms with Crippen molar-refractivity contribution in [2.75, 3.05) is 0 Å². The fourth-order valence-corrected chi connectivity index (χ4v) is 20.2. The van der Waals surface area contributed by atoms with Crippen LogP contribution < -0.4 is 0 Å². The van der Waals surface area contributed by atoms with E-state index in [-0.39, 0.29) is 5.41 Å². The standard InChI is InChI=1S/C45H30N4.C45H27N3O2.C42H31N3/c1-4-14-31(15-5-1)43-46-44(32-16-6-2-7-17-32)48-45(47-43)37-21-13-20-35(29-37)33-18-12-19-34(28-33)36-26-27-42-40(30-36)39-24-10-11-25-41(39)49(42)38-22-8-3-9-23-38;1-3-13-28(14-4-1)43-46-44(29-15-5-2-6-16-29)48-45(47-43)31-18-9-17-30(27-31)32-20-10-22-35-37-24-12-25-38(42(37)50-40(32)35)36-23-11-21-34-33-19-7-8-26-39(33)49-41(34)36;1-42(2)37-22-10-9-21-35(37)36-24-23-33(27-38(36)42)31-18-11-17-30(25-31)32-19-12-20-34(26-32)41-44-39(28-13-5-3-6-14-28)43-40(45-41)29-15-7-4-8-16-29/h1-30H;1-27H;3-27H,1-2H3. The van der Waals surface area contributed by atoms with Crippen LogP contribution in [0.15, 0.2) is 506 Å². The first-order chi connectivity index (χ1) is 71.1. The summed E-state index contributed by atoms with van der Waals surface area (Å²) in [6, 6.07) is 172. The SMILES string of the molecule is CC1(C)c2ccccc2-c2ccc(-c3cccc(-c4cccc(-c5nc(-c6ccccc6)nc(-c6ccccc6)n5)c4)c3)cc21.c1ccc(-c2nc(-c3ccccc3)nc(-c3cccc(-c4cccc(-c5ccc6c(c5)c5ccccc5n6-c5ccccc5)c4)c3)n2)cc1.c1ccc(-c2nc(-c3ccccc3)nc(-c3cccc(-c4cccc5c4oc4c(-c6cccc7c6oc6ccccc67)cccc45)c3)n2)cc1. The fraction of sp³-hybridized carbons (Fsp3) is 0.0227. The zero-order valence-electron chi connectivity index (χ0n) is 78.6. The van der Waals surface area contributed by atoms with E-state index >= 15 is 0 Å². The molecule has 20 aromatic carbocycles. The normalized spacial score (nSPS) is 11.9. The van der Waals surface area contributed by atoms with Gasteiger partial charge in [0, 0.05) is 110 Å². The number of benzene rings is 20. The summed E-state index contributed by atoms with van der Waals surface area (Å²) < 4.78 is 15.6. The minimum absolute atomic E-state index is 0.0321. The number of nitrogens with zero attached hydrogens (tertiary/aromatic N) is 10. The average molecular weight is 1850 g/mol. The van der Waals surface area contributed by atoms with Gasteiger partial charge in [0.2, 0.25) is 0 Å². The van der Waals surface area contributed by atoms with Crippen LogP contribution in [0.25, 0.3) is 252 Å². The first-order valence-corrected chi connectivity index (χ1v) is 48.4. The van der Waals surface area contributed by atoms with E-state index in [1.807, 2.05) is 212 Å². The van der Waals surface area contributed by atoms with Crippen molar-refractivity contribution in [3.63, 3.8) is 0 Å². The second-order valence-corrected chi connectivity index (χ2v) is 36.6. The molecular formula is C132H88N10O2. The van der Waals surface area contributed by atoms with Crippen LogP contribution in [0.4, 0.5) is 0 Å². The Morgan fingerprint density at radius 2 is 0.438 bits per heavy atom. The molecule has 0 saturated heterocycles. The predicted octanol–water partition coefficient (Wildman–Crippen LogP) is 33.8. The maximum Gasteiger partial charge on any atom is 0.164 e. The zero-order chi connectivity index (χ0) is 96.0. The summed E-state index contributed by atoms with van der Waals surface area (Å²) >= 11 is 0. The van der Waals surface area contributed by atoms with E-state index in [1.165, 1.54) is 66.3 Å². The highest BCUT2D eigenvalue weighted by Crippen LogP contribution is 2.51. The number of hydrogen-bond donors (Lipinski definition) is 0. The average Bonchev–Trinajstić information content (AvgIpc) is 1.59. The van der Waals surface area contributed by atoms with Crippen LogP contribution in [0, 0.1) is 0 Å². The summed E-state index contributed by atoms with van der Waals surface area (Å²) in [5.74, 6) is 5.80. The molecule has 144 heavy (non-hydrogen) atoms. The van der Waals surface area contributed by atoms with E-state index in [4.69, 9.17) is 53.7 Å². The Morgan fingerprint density at radius 1 is 0.167 bits per heavy atom. The second-order valence-electron chi connectivity index (χ2n) is 36.6. The molecule has 0 unspecified atom stereocenters. The summed E-state index contributed by atoms with van der Waals surface area (Å²) in [6.45, 7) is 4.66. The third-order valence-electron chi connectivity index (χ3n) is 27.3. The molecule has 0 bridgehead atoms. The summed E-state index contributed by atoms with van der Waals surface area (Å²) in [7, 11) is 0. The third kappa shape index (κ3) is 16.6. The van der Waals surface area contributed by atoms with Crippen LogP contribution in [0.1, 0.15) is 25.0 Å². The summed E-state index contributed by atoms with van der Waals surface area (Å²) in [5, 5.41) is 6.79. The molecule has 0 aliphatic heterocycles. The second kappa shape index (κ2) is 37.3. The molecule has 26 aromatic rings. The van der Waals surface area contributed by atoms with Gasteiger partial charge in [-0.2, -0.15) is 0 Å². The molecule has 6 aromatic heterocycles. The molecule has 1 aliphatic carbocycles. The number of furan rings is 2. The van der Waals surface area contributed by atoms with E-state index in [9.17, 15) is 0 Å². The van der Waals surface area contributed by atoms with Gasteiger partial charge in [-0.15, -0.1) is 0 Å². The van der Waals surface area contributed by atoms with Gasteiger partial charge in [0.1, 0.15) is 22.3 Å². The molecule has 12 heteroatoms. The van der Waals surface area contributed by atoms with Crippen LogP contribution in [-0.2, 0) is 5.41 Å². The molecular weight excluding hydrogens is 1760 g/mol. The van der Waals surface area contributed by atoms with Gasteiger partial charge in [0.25, 0.3) is 0 Å². The number of aromatic nitrogens is 10. The molecule has 678 valence electrons. The molecule has 0 radical (unpaired) electrons. The van der Waals surface area contributed by atoms with Crippen LogP contribution in [-0.4, -0.2) is 49.4 Å². The van der Waals surface area contributed by atoms with Crippen LogP contribution in [0.5, 0.6) is 0 Å². The first kappa shape index (κ1) is 86.4. The van der Waals surface area contributed by atoms with Gasteiger partial charge in [0.15, 0.2) is 52.4 Å². The Kier molecular flexibility index (Phi) is 22.4. The Balaban J connectivity index is 0.000000113. The van der Waals surface area contributed by atoms with Crippen molar-refractivity contribution in [1.29, 1.82) is 0 Å². The van der Waals surface area contributed by atoms with Gasteiger partial charge in [-0.25, -0.2) is 44.9 Å². The lowest BCUT2D eigenvalue weighted by molar-refractivity contribution is 0.660. The largest absolute Gasteiger partial charge is 0.455 e. The Hall–Kier alpha value is -19.2. The topological polar surface area (TPSA) is 147 Å². The van der Waals surface area contributed by atoms with Gasteiger partial charge in [-0.3, -0.25) is 0 Å². The molecule has 6 heterocycles. The van der Waals surface area contributed by atoms with Gasteiger partial charge in [-0.05, 0) is 145 Å². The Morgan fingerprint density at radius 3 is 0.882 bits per heavy atom. The number of fused-ring (bicyclic) bond motifs is 12. The number of para-hydroxylation sites is 6. The highest BCUT2D eigenvalue weighted by Gasteiger charge is 2.36. The number of hydrogen-bond acceptors (Lipinski definition) is 11. The molecule has 0 N–H and O–H groups in total. The van der Waals surface area contributed by atoms with Crippen LogP contribution >= 0.6 is 0 Å². The lowest BCUT2D eigenvalue weighted by atomic mass is 9.81. The van der Waals surface area contributed by atoms with Gasteiger partial charge in [0.05, 0.1) is 11.0 Å². The molecule has 0 saturated carbocycles. The van der Waals surface area contributed by atoms with Crippen molar-refractivity contribution in [1.82, 2.24) is 49.4 Å². The van der Waals surface area contributed by atoms with Crippen molar-refractivity contribution >= 4 is 65.7 Å². The van der Waals surface area contributed by atoms with Crippen LogP contribution in [0.3, 0.4) is 0 Å². The fourth-order valence-electron chi connectivity index (χ4n) is 20.2. The van der Waals surface area contributed by atoms with E-state index < -0.39 is 0 Å². The zero-order valence-corrected chi connectivity index (χ0v) is 78.6. The minimum atomic E-state index is -0.0321. The summed E-state index contributed by atoms with van der Waals surface area (Å²) in [5.41, 5.74) is 34.1. The van der Waals surface area contributed by atoms with E-state index in [0.717, 1.165) is 144 Å². The van der Waals surface area contributed by atoms with Gasteiger partial charge < -0.3 is 13.4 Å². The molecule has 0 atom stereocenters. The van der Waals surface area contributed by atoms with Crippen molar-refractivity contribution in [2.24, 2.45) is 0 Å².